The Hall–Kier alpha value is 0.01000. The molecule has 0 bridgehead atoms. The molecule has 0 aromatic carbocycles. The minimum absolute atomic E-state index is 0.343. The Bertz CT molecular complexity index is 65.2. The largest absolute Gasteiger partial charge is 0.239 e. The highest BCUT2D eigenvalue weighted by molar-refractivity contribution is 7.95. The molecule has 0 spiro atoms. The molecule has 0 saturated carbocycles. The fraction of sp³-hybridized carbons (Fsp3) is 0.333. The van der Waals surface area contributed by atoms with Crippen LogP contribution in [0.15, 0.2) is 12.2 Å². The van der Waals surface area contributed by atoms with Crippen molar-refractivity contribution < 1.29 is 9.59 Å². The first kappa shape index (κ1) is 4.18. The summed E-state index contributed by atoms with van der Waals surface area (Å²) >= 11 is 1.04. The molecule has 1 aliphatic carbocycles. The van der Waals surface area contributed by atoms with Crippen molar-refractivity contribution in [2.45, 2.75) is 5.25 Å². The summed E-state index contributed by atoms with van der Waals surface area (Å²) in [6.07, 6.45) is 3.86. The Morgan fingerprint density at radius 3 is 2.50 bits per heavy atom. The highest BCUT2D eigenvalue weighted by Gasteiger charge is 2.10. The van der Waals surface area contributed by atoms with Crippen LogP contribution in [0.5, 0.6) is 0 Å². The van der Waals surface area contributed by atoms with E-state index in [0.29, 0.717) is 5.25 Å². The Balaban J connectivity index is 1.90. The van der Waals surface area contributed by atoms with Crippen molar-refractivity contribution in [2.24, 2.45) is 0 Å². The van der Waals surface area contributed by atoms with E-state index in [-0.39, 0.29) is 0 Å². The summed E-state index contributed by atoms with van der Waals surface area (Å²) in [5.74, 6) is 0. The third kappa shape index (κ3) is 1.01. The van der Waals surface area contributed by atoms with Crippen LogP contribution in [0.2, 0.25) is 0 Å². The second-order valence-electron chi connectivity index (χ2n) is 1.02. The lowest BCUT2D eigenvalue weighted by Crippen LogP contribution is -1.73. The molecule has 0 unspecified atom stereocenters. The van der Waals surface area contributed by atoms with E-state index in [2.05, 4.69) is 4.33 Å². The lowest BCUT2D eigenvalue weighted by atomic mass is 10.9. The molecule has 0 heterocycles. The molecule has 0 aromatic heterocycles. The summed E-state index contributed by atoms with van der Waals surface area (Å²) in [5, 5.41) is 8.04. The molecule has 34 valence electrons. The van der Waals surface area contributed by atoms with E-state index in [1.54, 1.807) is 0 Å². The summed E-state index contributed by atoms with van der Waals surface area (Å²) < 4.78 is 3.72. The van der Waals surface area contributed by atoms with E-state index in [0.717, 1.165) is 12.0 Å². The van der Waals surface area contributed by atoms with Gasteiger partial charge in [-0.1, -0.05) is 12.2 Å². The van der Waals surface area contributed by atoms with E-state index in [9.17, 15) is 0 Å². The standard InChI is InChI=1S/C3H4O2S/c4-5-6-3-1-2-3/h1-4H. The molecule has 0 fully saturated rings. The van der Waals surface area contributed by atoms with Crippen molar-refractivity contribution in [3.63, 3.8) is 0 Å². The molecule has 0 aliphatic heterocycles. The van der Waals surface area contributed by atoms with Crippen LogP contribution in [0.4, 0.5) is 0 Å². The molecular weight excluding hydrogens is 100 g/mol. The monoisotopic (exact) mass is 104 g/mol. The van der Waals surface area contributed by atoms with Crippen LogP contribution in [0, 0.1) is 0 Å². The van der Waals surface area contributed by atoms with Crippen molar-refractivity contribution in [3.05, 3.63) is 12.2 Å². The Kier molecular flexibility index (Phi) is 1.14. The third-order valence-corrected chi connectivity index (χ3v) is 1.13. The number of rotatable bonds is 2. The lowest BCUT2D eigenvalue weighted by Gasteiger charge is -1.83. The zero-order chi connectivity index (χ0) is 4.41. The summed E-state index contributed by atoms with van der Waals surface area (Å²) in [7, 11) is 0. The first-order chi connectivity index (χ1) is 2.93. The van der Waals surface area contributed by atoms with Crippen LogP contribution in [0.3, 0.4) is 0 Å². The second-order valence-corrected chi connectivity index (χ2v) is 1.91. The first-order valence-electron chi connectivity index (χ1n) is 1.58. The van der Waals surface area contributed by atoms with Gasteiger partial charge in [0.2, 0.25) is 0 Å². The summed E-state index contributed by atoms with van der Waals surface area (Å²) in [5.41, 5.74) is 0. The molecule has 3 heteroatoms. The molecular formula is C3H4O2S. The van der Waals surface area contributed by atoms with Gasteiger partial charge in [0.1, 0.15) is 0 Å². The molecule has 6 heavy (non-hydrogen) atoms. The highest BCUT2D eigenvalue weighted by atomic mass is 32.2. The molecule has 0 saturated heterocycles. The third-order valence-electron chi connectivity index (χ3n) is 0.504. The van der Waals surface area contributed by atoms with Gasteiger partial charge in [-0.15, -0.1) is 0 Å². The predicted octanol–water partition coefficient (Wildman–Crippen LogP) is 1.06. The first-order valence-corrected chi connectivity index (χ1v) is 2.39. The van der Waals surface area contributed by atoms with Crippen LogP contribution < -0.4 is 0 Å². The fourth-order valence-corrected chi connectivity index (χ4v) is 0.478. The summed E-state index contributed by atoms with van der Waals surface area (Å²) in [4.78, 5) is 0. The van der Waals surface area contributed by atoms with Crippen LogP contribution in [0.25, 0.3) is 0 Å². The van der Waals surface area contributed by atoms with E-state index in [1.807, 2.05) is 12.2 Å². The van der Waals surface area contributed by atoms with Gasteiger partial charge in [-0.3, -0.25) is 0 Å². The van der Waals surface area contributed by atoms with Crippen molar-refractivity contribution in [1.29, 1.82) is 0 Å². The Morgan fingerprint density at radius 2 is 2.33 bits per heavy atom. The van der Waals surface area contributed by atoms with Crippen molar-refractivity contribution >= 4 is 12.0 Å². The summed E-state index contributed by atoms with van der Waals surface area (Å²) in [6, 6.07) is 0. The zero-order valence-electron chi connectivity index (χ0n) is 3.00. The normalized spacial score (nSPS) is 18.8. The maximum Gasteiger partial charge on any atom is 0.0704 e. The Labute approximate surface area is 39.9 Å². The van der Waals surface area contributed by atoms with Gasteiger partial charge < -0.3 is 0 Å². The minimum atomic E-state index is 0.343. The molecule has 1 aliphatic rings. The SMILES string of the molecule is OOSC1C=C1. The topological polar surface area (TPSA) is 29.5 Å². The molecule has 1 rings (SSSR count). The quantitative estimate of drug-likeness (QED) is 0.246. The van der Waals surface area contributed by atoms with Gasteiger partial charge in [0, 0.05) is 12.0 Å². The van der Waals surface area contributed by atoms with Crippen LogP contribution in [0.1, 0.15) is 0 Å². The van der Waals surface area contributed by atoms with E-state index in [4.69, 9.17) is 5.26 Å². The molecule has 0 radical (unpaired) electrons. The average Bonchev–Trinajstić information content (AvgIpc) is 2.21. The molecule has 0 atom stereocenters. The van der Waals surface area contributed by atoms with Crippen molar-refractivity contribution in [1.82, 2.24) is 0 Å². The van der Waals surface area contributed by atoms with Gasteiger partial charge in [0.05, 0.1) is 5.25 Å². The van der Waals surface area contributed by atoms with E-state index < -0.39 is 0 Å². The second kappa shape index (κ2) is 1.64. The van der Waals surface area contributed by atoms with Crippen molar-refractivity contribution in [2.75, 3.05) is 0 Å². The number of hydrogen-bond acceptors (Lipinski definition) is 3. The predicted molar refractivity (Wildman–Crippen MR) is 24.2 cm³/mol. The minimum Gasteiger partial charge on any atom is -0.239 e. The molecule has 0 aromatic rings. The lowest BCUT2D eigenvalue weighted by molar-refractivity contribution is -0.116. The molecule has 0 amide bonds. The van der Waals surface area contributed by atoms with Gasteiger partial charge in [-0.25, -0.2) is 5.26 Å². The molecule has 1 N–H and O–H groups in total. The Morgan fingerprint density at radius 1 is 1.67 bits per heavy atom. The van der Waals surface area contributed by atoms with Gasteiger partial charge in [0.15, 0.2) is 0 Å². The van der Waals surface area contributed by atoms with Crippen LogP contribution in [-0.4, -0.2) is 10.5 Å². The van der Waals surface area contributed by atoms with Gasteiger partial charge in [-0.2, -0.15) is 4.33 Å². The zero-order valence-corrected chi connectivity index (χ0v) is 3.81. The van der Waals surface area contributed by atoms with Crippen LogP contribution >= 0.6 is 12.0 Å². The summed E-state index contributed by atoms with van der Waals surface area (Å²) in [6.45, 7) is 0. The van der Waals surface area contributed by atoms with E-state index >= 15 is 0 Å². The van der Waals surface area contributed by atoms with E-state index in [1.165, 1.54) is 0 Å². The highest BCUT2D eigenvalue weighted by Crippen LogP contribution is 2.22. The van der Waals surface area contributed by atoms with Crippen molar-refractivity contribution in [3.8, 4) is 0 Å². The maximum atomic E-state index is 7.70. The fourth-order valence-electron chi connectivity index (χ4n) is 0.159. The van der Waals surface area contributed by atoms with Crippen LogP contribution in [-0.2, 0) is 4.33 Å². The average molecular weight is 104 g/mol. The maximum absolute atomic E-state index is 7.70. The van der Waals surface area contributed by atoms with Gasteiger partial charge in [0.25, 0.3) is 0 Å². The van der Waals surface area contributed by atoms with Gasteiger partial charge >= 0.3 is 0 Å². The number of hydrogen-bond donors (Lipinski definition) is 1. The van der Waals surface area contributed by atoms with Gasteiger partial charge in [-0.05, 0) is 0 Å². The smallest absolute Gasteiger partial charge is 0.0704 e. The molecule has 2 nitrogen and oxygen atoms in total.